The van der Waals surface area contributed by atoms with Crippen LogP contribution in [-0.4, -0.2) is 47.6 Å². The van der Waals surface area contributed by atoms with Crippen molar-refractivity contribution in [3.63, 3.8) is 0 Å². The standard InChI is InChI=1S/C16H28N2O3/c19-15(17-14-5-3-1-2-4-6-14)12-18-10-9-13(11-18)7-8-16(20)21/h13-14H,1-12H2,(H,17,19)(H,20,21). The maximum Gasteiger partial charge on any atom is 0.303 e. The fourth-order valence-corrected chi connectivity index (χ4v) is 3.52. The van der Waals surface area contributed by atoms with Crippen LogP contribution in [0.4, 0.5) is 0 Å². The minimum atomic E-state index is -0.723. The number of hydrogen-bond donors (Lipinski definition) is 2. The Morgan fingerprint density at radius 2 is 1.81 bits per heavy atom. The zero-order valence-corrected chi connectivity index (χ0v) is 12.9. The number of amides is 1. The first-order valence-corrected chi connectivity index (χ1v) is 8.37. The Morgan fingerprint density at radius 1 is 1.10 bits per heavy atom. The number of hydrogen-bond acceptors (Lipinski definition) is 3. The highest BCUT2D eigenvalue weighted by Crippen LogP contribution is 2.21. The Bertz CT molecular complexity index is 351. The van der Waals surface area contributed by atoms with Gasteiger partial charge in [-0.25, -0.2) is 0 Å². The number of nitrogens with one attached hydrogen (secondary N) is 1. The van der Waals surface area contributed by atoms with Crippen LogP contribution >= 0.6 is 0 Å². The predicted octanol–water partition coefficient (Wildman–Crippen LogP) is 2.01. The van der Waals surface area contributed by atoms with Crippen molar-refractivity contribution in [2.24, 2.45) is 5.92 Å². The van der Waals surface area contributed by atoms with E-state index in [0.717, 1.165) is 38.8 Å². The summed E-state index contributed by atoms with van der Waals surface area (Å²) in [5, 5.41) is 11.9. The summed E-state index contributed by atoms with van der Waals surface area (Å²) in [6.07, 6.45) is 9.28. The van der Waals surface area contributed by atoms with E-state index in [9.17, 15) is 9.59 Å². The second-order valence-electron chi connectivity index (χ2n) is 6.58. The first kappa shape index (κ1) is 16.3. The molecular weight excluding hydrogens is 268 g/mol. The summed E-state index contributed by atoms with van der Waals surface area (Å²) in [6.45, 7) is 2.26. The molecular formula is C16H28N2O3. The van der Waals surface area contributed by atoms with Gasteiger partial charge in [-0.2, -0.15) is 0 Å². The molecule has 0 radical (unpaired) electrons. The molecule has 1 unspecified atom stereocenters. The Morgan fingerprint density at radius 3 is 2.48 bits per heavy atom. The number of carboxylic acid groups (broad SMARTS) is 1. The highest BCUT2D eigenvalue weighted by molar-refractivity contribution is 5.78. The topological polar surface area (TPSA) is 69.6 Å². The summed E-state index contributed by atoms with van der Waals surface area (Å²) in [7, 11) is 0. The van der Waals surface area contributed by atoms with Crippen LogP contribution in [0.3, 0.4) is 0 Å². The molecule has 21 heavy (non-hydrogen) atoms. The number of nitrogens with zero attached hydrogens (tertiary/aromatic N) is 1. The molecule has 0 bridgehead atoms. The molecule has 2 rings (SSSR count). The van der Waals surface area contributed by atoms with E-state index in [4.69, 9.17) is 5.11 Å². The van der Waals surface area contributed by atoms with Crippen LogP contribution < -0.4 is 5.32 Å². The van der Waals surface area contributed by atoms with Gasteiger partial charge in [0.05, 0.1) is 6.54 Å². The SMILES string of the molecule is O=C(O)CCC1CCN(CC(=O)NC2CCCCCC2)C1. The van der Waals surface area contributed by atoms with Crippen LogP contribution in [-0.2, 0) is 9.59 Å². The summed E-state index contributed by atoms with van der Waals surface area (Å²) >= 11 is 0. The summed E-state index contributed by atoms with van der Waals surface area (Å²) in [6, 6.07) is 0.366. The van der Waals surface area contributed by atoms with Crippen LogP contribution in [0.1, 0.15) is 57.8 Å². The lowest BCUT2D eigenvalue weighted by Crippen LogP contribution is -2.41. The number of carboxylic acids is 1. The normalized spacial score (nSPS) is 24.7. The van der Waals surface area contributed by atoms with E-state index in [1.54, 1.807) is 0 Å². The van der Waals surface area contributed by atoms with Crippen LogP contribution in [0.2, 0.25) is 0 Å². The monoisotopic (exact) mass is 296 g/mol. The quantitative estimate of drug-likeness (QED) is 0.736. The Kier molecular flexibility index (Phi) is 6.49. The number of rotatable bonds is 6. The molecule has 5 heteroatoms. The molecule has 0 aromatic rings. The molecule has 5 nitrogen and oxygen atoms in total. The minimum Gasteiger partial charge on any atom is -0.481 e. The number of carbonyl (C=O) groups excluding carboxylic acids is 1. The largest absolute Gasteiger partial charge is 0.481 e. The summed E-state index contributed by atoms with van der Waals surface area (Å²) in [5.41, 5.74) is 0. The van der Waals surface area contributed by atoms with Gasteiger partial charge in [0.25, 0.3) is 0 Å². The van der Waals surface area contributed by atoms with Crippen molar-refractivity contribution in [1.29, 1.82) is 0 Å². The highest BCUT2D eigenvalue weighted by Gasteiger charge is 2.25. The molecule has 1 atom stereocenters. The van der Waals surface area contributed by atoms with Gasteiger partial charge in [0.2, 0.25) is 5.91 Å². The molecule has 0 aromatic heterocycles. The van der Waals surface area contributed by atoms with Gasteiger partial charge in [-0.3, -0.25) is 14.5 Å². The van der Waals surface area contributed by atoms with E-state index in [1.165, 1.54) is 25.7 Å². The second-order valence-corrected chi connectivity index (χ2v) is 6.58. The molecule has 2 fully saturated rings. The van der Waals surface area contributed by atoms with Crippen LogP contribution in [0.15, 0.2) is 0 Å². The van der Waals surface area contributed by atoms with E-state index < -0.39 is 5.97 Å². The van der Waals surface area contributed by atoms with Gasteiger partial charge in [-0.15, -0.1) is 0 Å². The lowest BCUT2D eigenvalue weighted by atomic mass is 10.0. The van der Waals surface area contributed by atoms with Crippen molar-refractivity contribution in [2.75, 3.05) is 19.6 Å². The Labute approximate surface area is 127 Å². The van der Waals surface area contributed by atoms with Gasteiger partial charge < -0.3 is 10.4 Å². The summed E-state index contributed by atoms with van der Waals surface area (Å²) < 4.78 is 0. The zero-order chi connectivity index (χ0) is 15.1. The first-order chi connectivity index (χ1) is 10.1. The lowest BCUT2D eigenvalue weighted by Gasteiger charge is -2.20. The molecule has 0 aromatic carbocycles. The van der Waals surface area contributed by atoms with Crippen molar-refractivity contribution in [2.45, 2.75) is 63.8 Å². The third-order valence-electron chi connectivity index (χ3n) is 4.72. The smallest absolute Gasteiger partial charge is 0.303 e. The van der Waals surface area contributed by atoms with Gasteiger partial charge in [-0.1, -0.05) is 25.7 Å². The van der Waals surface area contributed by atoms with Gasteiger partial charge in [0, 0.05) is 19.0 Å². The van der Waals surface area contributed by atoms with E-state index in [0.29, 0.717) is 18.5 Å². The molecule has 1 heterocycles. The van der Waals surface area contributed by atoms with Crippen molar-refractivity contribution in [1.82, 2.24) is 10.2 Å². The maximum atomic E-state index is 12.1. The van der Waals surface area contributed by atoms with E-state index >= 15 is 0 Å². The molecule has 1 saturated heterocycles. The zero-order valence-electron chi connectivity index (χ0n) is 12.9. The third-order valence-corrected chi connectivity index (χ3v) is 4.72. The molecule has 2 N–H and O–H groups in total. The summed E-state index contributed by atoms with van der Waals surface area (Å²) in [5.74, 6) is -0.146. The van der Waals surface area contributed by atoms with Gasteiger partial charge in [0.15, 0.2) is 0 Å². The van der Waals surface area contributed by atoms with Crippen molar-refractivity contribution >= 4 is 11.9 Å². The van der Waals surface area contributed by atoms with E-state index in [-0.39, 0.29) is 12.3 Å². The Hall–Kier alpha value is -1.10. The fraction of sp³-hybridized carbons (Fsp3) is 0.875. The molecule has 1 saturated carbocycles. The second kappa shape index (κ2) is 8.37. The molecule has 2 aliphatic rings. The van der Waals surface area contributed by atoms with Crippen molar-refractivity contribution in [3.8, 4) is 0 Å². The van der Waals surface area contributed by atoms with Gasteiger partial charge in [0.1, 0.15) is 0 Å². The molecule has 120 valence electrons. The summed E-state index contributed by atoms with van der Waals surface area (Å²) in [4.78, 5) is 24.9. The predicted molar refractivity (Wildman–Crippen MR) is 81.0 cm³/mol. The lowest BCUT2D eigenvalue weighted by molar-refractivity contribution is -0.137. The number of aliphatic carboxylic acids is 1. The number of carbonyl (C=O) groups is 2. The molecule has 1 amide bonds. The van der Waals surface area contributed by atoms with E-state index in [2.05, 4.69) is 10.2 Å². The Balaban J connectivity index is 1.65. The molecule has 0 spiro atoms. The van der Waals surface area contributed by atoms with Crippen molar-refractivity contribution in [3.05, 3.63) is 0 Å². The molecule has 1 aliphatic carbocycles. The third kappa shape index (κ3) is 6.04. The van der Waals surface area contributed by atoms with E-state index in [1.807, 2.05) is 0 Å². The van der Waals surface area contributed by atoms with Crippen molar-refractivity contribution < 1.29 is 14.7 Å². The minimum absolute atomic E-state index is 0.140. The van der Waals surface area contributed by atoms with Gasteiger partial charge in [-0.05, 0) is 38.1 Å². The average molecular weight is 296 g/mol. The van der Waals surface area contributed by atoms with Crippen LogP contribution in [0, 0.1) is 5.92 Å². The van der Waals surface area contributed by atoms with Crippen LogP contribution in [0.5, 0.6) is 0 Å². The van der Waals surface area contributed by atoms with Crippen LogP contribution in [0.25, 0.3) is 0 Å². The molecule has 1 aliphatic heterocycles. The first-order valence-electron chi connectivity index (χ1n) is 8.37. The fourth-order valence-electron chi connectivity index (χ4n) is 3.52. The highest BCUT2D eigenvalue weighted by atomic mass is 16.4. The maximum absolute atomic E-state index is 12.1. The number of likely N-dealkylation sites (tertiary alicyclic amines) is 1. The van der Waals surface area contributed by atoms with Gasteiger partial charge >= 0.3 is 5.97 Å². The average Bonchev–Trinajstić information content (AvgIpc) is 2.71.